The van der Waals surface area contributed by atoms with Gasteiger partial charge in [0.2, 0.25) is 0 Å². The highest BCUT2D eigenvalue weighted by molar-refractivity contribution is 6.09. The quantitative estimate of drug-likeness (QED) is 0.485. The molecule has 0 spiro atoms. The molecule has 0 radical (unpaired) electrons. The van der Waals surface area contributed by atoms with E-state index in [0.717, 1.165) is 5.56 Å². The van der Waals surface area contributed by atoms with E-state index < -0.39 is 0 Å². The minimum atomic E-state index is 1.14. The van der Waals surface area contributed by atoms with Crippen LogP contribution in [-0.2, 0) is 0 Å². The maximum Gasteiger partial charge on any atom is 0.0547 e. The number of rotatable bonds is 3. The van der Waals surface area contributed by atoms with E-state index in [4.69, 9.17) is 0 Å². The highest BCUT2D eigenvalue weighted by Gasteiger charge is 2.12. The summed E-state index contributed by atoms with van der Waals surface area (Å²) in [6.45, 7) is 3.91. The van der Waals surface area contributed by atoms with Crippen LogP contribution in [0.4, 0.5) is 5.69 Å². The van der Waals surface area contributed by atoms with E-state index in [9.17, 15) is 0 Å². The largest absolute Gasteiger partial charge is 0.378 e. The van der Waals surface area contributed by atoms with Gasteiger partial charge in [-0.2, -0.15) is 0 Å². The Kier molecular flexibility index (Phi) is 3.39. The summed E-state index contributed by atoms with van der Waals surface area (Å²) in [6, 6.07) is 23.8. The first-order valence-electron chi connectivity index (χ1n) is 8.12. The van der Waals surface area contributed by atoms with Crippen LogP contribution in [0.5, 0.6) is 0 Å². The average Bonchev–Trinajstić information content (AvgIpc) is 2.95. The normalized spacial score (nSPS) is 11.1. The molecule has 0 fully saturated rings. The first-order valence-corrected chi connectivity index (χ1v) is 8.12. The molecule has 0 saturated carbocycles. The number of hydrogen-bond acceptors (Lipinski definition) is 1. The summed E-state index contributed by atoms with van der Waals surface area (Å²) in [5.41, 5.74) is 5.95. The standard InChI is InChI=1S/C22H20N2/c1-4-16-9-14-20-19-7-5-6-8-21(19)24(22(20)15-16)18-12-10-17(11-13-18)23(2)3/h4-15H,1H2,2-3H3. The molecule has 118 valence electrons. The van der Waals surface area contributed by atoms with Crippen molar-refractivity contribution >= 4 is 33.6 Å². The van der Waals surface area contributed by atoms with Crippen molar-refractivity contribution in [3.63, 3.8) is 0 Å². The molecular weight excluding hydrogens is 292 g/mol. The van der Waals surface area contributed by atoms with Gasteiger partial charge in [0.25, 0.3) is 0 Å². The summed E-state index contributed by atoms with van der Waals surface area (Å²) in [4.78, 5) is 2.12. The van der Waals surface area contributed by atoms with Crippen molar-refractivity contribution in [2.75, 3.05) is 19.0 Å². The Balaban J connectivity index is 2.05. The number of anilines is 1. The van der Waals surface area contributed by atoms with Crippen molar-refractivity contribution in [2.24, 2.45) is 0 Å². The van der Waals surface area contributed by atoms with Gasteiger partial charge >= 0.3 is 0 Å². The van der Waals surface area contributed by atoms with Gasteiger partial charge in [-0.15, -0.1) is 0 Å². The van der Waals surface area contributed by atoms with Crippen LogP contribution in [0.25, 0.3) is 33.6 Å². The molecule has 0 aliphatic heterocycles. The van der Waals surface area contributed by atoms with Gasteiger partial charge in [-0.25, -0.2) is 0 Å². The number of para-hydroxylation sites is 1. The van der Waals surface area contributed by atoms with Gasteiger partial charge in [-0.1, -0.05) is 43.0 Å². The molecule has 1 aromatic heterocycles. The molecule has 4 rings (SSSR count). The van der Waals surface area contributed by atoms with Gasteiger partial charge in [0, 0.05) is 36.2 Å². The van der Waals surface area contributed by atoms with Gasteiger partial charge in [-0.3, -0.25) is 0 Å². The molecule has 0 N–H and O–H groups in total. The van der Waals surface area contributed by atoms with Crippen molar-refractivity contribution in [2.45, 2.75) is 0 Å². The van der Waals surface area contributed by atoms with Gasteiger partial charge in [0.15, 0.2) is 0 Å². The fraction of sp³-hybridized carbons (Fsp3) is 0.0909. The molecular formula is C22H20N2. The SMILES string of the molecule is C=Cc1ccc2c3ccccc3n(-c3ccc(N(C)C)cc3)c2c1. The average molecular weight is 312 g/mol. The number of nitrogens with zero attached hydrogens (tertiary/aromatic N) is 2. The Bertz CT molecular complexity index is 1040. The summed E-state index contributed by atoms with van der Waals surface area (Å²) in [6.07, 6.45) is 1.90. The summed E-state index contributed by atoms with van der Waals surface area (Å²) in [7, 11) is 4.12. The molecule has 3 aromatic carbocycles. The van der Waals surface area contributed by atoms with Crippen molar-refractivity contribution in [3.05, 3.63) is 78.9 Å². The van der Waals surface area contributed by atoms with E-state index in [-0.39, 0.29) is 0 Å². The van der Waals surface area contributed by atoms with Crippen LogP contribution in [-0.4, -0.2) is 18.7 Å². The predicted octanol–water partition coefficient (Wildman–Crippen LogP) is 5.49. The third-order valence-corrected chi connectivity index (χ3v) is 4.56. The lowest BCUT2D eigenvalue weighted by Gasteiger charge is -2.14. The molecule has 2 heteroatoms. The first kappa shape index (κ1) is 14.6. The molecule has 1 heterocycles. The topological polar surface area (TPSA) is 8.17 Å². The lowest BCUT2D eigenvalue weighted by atomic mass is 10.1. The molecule has 0 bridgehead atoms. The molecule has 0 unspecified atom stereocenters. The van der Waals surface area contributed by atoms with Crippen LogP contribution in [0.1, 0.15) is 5.56 Å². The van der Waals surface area contributed by atoms with Gasteiger partial charge in [0.05, 0.1) is 11.0 Å². The molecule has 0 atom stereocenters. The third-order valence-electron chi connectivity index (χ3n) is 4.56. The molecule has 4 aromatic rings. The third kappa shape index (κ3) is 2.19. The van der Waals surface area contributed by atoms with Crippen molar-refractivity contribution in [1.82, 2.24) is 4.57 Å². The smallest absolute Gasteiger partial charge is 0.0547 e. The van der Waals surface area contributed by atoms with Gasteiger partial charge in [0.1, 0.15) is 0 Å². The fourth-order valence-electron chi connectivity index (χ4n) is 3.29. The molecule has 0 amide bonds. The minimum absolute atomic E-state index is 1.14. The first-order chi connectivity index (χ1) is 11.7. The Hall–Kier alpha value is -3.00. The number of fused-ring (bicyclic) bond motifs is 3. The van der Waals surface area contributed by atoms with Crippen molar-refractivity contribution < 1.29 is 0 Å². The zero-order valence-electron chi connectivity index (χ0n) is 14.0. The second-order valence-corrected chi connectivity index (χ2v) is 6.24. The maximum absolute atomic E-state index is 3.91. The number of benzene rings is 3. The van der Waals surface area contributed by atoms with E-state index in [2.05, 4.69) is 96.9 Å². The van der Waals surface area contributed by atoms with Crippen molar-refractivity contribution in [1.29, 1.82) is 0 Å². The summed E-state index contributed by atoms with van der Waals surface area (Å²) >= 11 is 0. The zero-order chi connectivity index (χ0) is 16.7. The summed E-state index contributed by atoms with van der Waals surface area (Å²) < 4.78 is 2.33. The summed E-state index contributed by atoms with van der Waals surface area (Å²) in [5, 5.41) is 2.55. The van der Waals surface area contributed by atoms with E-state index >= 15 is 0 Å². The molecule has 0 saturated heterocycles. The summed E-state index contributed by atoms with van der Waals surface area (Å²) in [5.74, 6) is 0. The van der Waals surface area contributed by atoms with Gasteiger partial charge < -0.3 is 9.47 Å². The number of aromatic nitrogens is 1. The molecule has 24 heavy (non-hydrogen) atoms. The van der Waals surface area contributed by atoms with E-state index in [0.29, 0.717) is 0 Å². The van der Waals surface area contributed by atoms with Crippen molar-refractivity contribution in [3.8, 4) is 5.69 Å². The van der Waals surface area contributed by atoms with Crippen LogP contribution in [0.3, 0.4) is 0 Å². The monoisotopic (exact) mass is 312 g/mol. The van der Waals surface area contributed by atoms with Crippen LogP contribution in [0.15, 0.2) is 73.3 Å². The van der Waals surface area contributed by atoms with Gasteiger partial charge in [-0.05, 0) is 42.0 Å². The van der Waals surface area contributed by atoms with Crippen LogP contribution in [0.2, 0.25) is 0 Å². The Morgan fingerprint density at radius 2 is 1.54 bits per heavy atom. The predicted molar refractivity (Wildman–Crippen MR) is 105 cm³/mol. The molecule has 0 aliphatic rings. The second-order valence-electron chi connectivity index (χ2n) is 6.24. The number of hydrogen-bond donors (Lipinski definition) is 0. The van der Waals surface area contributed by atoms with E-state index in [1.807, 2.05) is 6.08 Å². The van der Waals surface area contributed by atoms with Crippen LogP contribution < -0.4 is 4.90 Å². The highest BCUT2D eigenvalue weighted by Crippen LogP contribution is 2.33. The van der Waals surface area contributed by atoms with Crippen LogP contribution in [0, 0.1) is 0 Å². The second kappa shape index (κ2) is 5.57. The highest BCUT2D eigenvalue weighted by atomic mass is 15.1. The van der Waals surface area contributed by atoms with Crippen LogP contribution >= 0.6 is 0 Å². The lowest BCUT2D eigenvalue weighted by Crippen LogP contribution is -2.08. The Morgan fingerprint density at radius 3 is 2.25 bits per heavy atom. The molecule has 0 aliphatic carbocycles. The zero-order valence-corrected chi connectivity index (χ0v) is 14.0. The van der Waals surface area contributed by atoms with E-state index in [1.54, 1.807) is 0 Å². The maximum atomic E-state index is 3.91. The minimum Gasteiger partial charge on any atom is -0.378 e. The Labute approximate surface area is 142 Å². The lowest BCUT2D eigenvalue weighted by molar-refractivity contribution is 1.12. The Morgan fingerprint density at radius 1 is 0.833 bits per heavy atom. The fourth-order valence-corrected chi connectivity index (χ4v) is 3.29. The van der Waals surface area contributed by atoms with E-state index in [1.165, 1.54) is 33.2 Å². The molecule has 2 nitrogen and oxygen atoms in total.